The molecule has 0 saturated heterocycles. The molecule has 0 saturated carbocycles. The Morgan fingerprint density at radius 3 is 2.50 bits per heavy atom. The third kappa shape index (κ3) is 5.92. The zero-order valence-corrected chi connectivity index (χ0v) is 12.7. The van der Waals surface area contributed by atoms with Gasteiger partial charge >= 0.3 is 6.09 Å². The highest BCUT2D eigenvalue weighted by Gasteiger charge is 2.25. The van der Waals surface area contributed by atoms with Gasteiger partial charge in [0.05, 0.1) is 0 Å². The van der Waals surface area contributed by atoms with Gasteiger partial charge in [-0.25, -0.2) is 15.6 Å². The summed E-state index contributed by atoms with van der Waals surface area (Å²) >= 11 is 0. The van der Waals surface area contributed by atoms with E-state index < -0.39 is 18.0 Å². The van der Waals surface area contributed by atoms with Crippen molar-refractivity contribution in [2.45, 2.75) is 32.9 Å². The fourth-order valence-corrected chi connectivity index (χ4v) is 1.83. The average Bonchev–Trinajstić information content (AvgIpc) is 2.51. The van der Waals surface area contributed by atoms with E-state index in [1.165, 1.54) is 0 Å². The second-order valence-corrected chi connectivity index (χ2v) is 5.24. The maximum Gasteiger partial charge on any atom is 0.408 e. The molecule has 0 bridgehead atoms. The number of nitrogens with zero attached hydrogens (tertiary/aromatic N) is 1. The third-order valence-corrected chi connectivity index (χ3v) is 2.88. The first-order chi connectivity index (χ1) is 10.4. The Labute approximate surface area is 129 Å². The van der Waals surface area contributed by atoms with Crippen LogP contribution in [0.4, 0.5) is 4.79 Å². The first-order valence-electron chi connectivity index (χ1n) is 6.94. The number of hydrogen-bond donors (Lipinski definition) is 2. The van der Waals surface area contributed by atoms with E-state index in [4.69, 9.17) is 10.6 Å². The van der Waals surface area contributed by atoms with Gasteiger partial charge in [0.15, 0.2) is 0 Å². The number of hydrazine groups is 1. The van der Waals surface area contributed by atoms with E-state index in [1.54, 1.807) is 0 Å². The molecule has 1 aromatic rings. The molecule has 0 unspecified atom stereocenters. The summed E-state index contributed by atoms with van der Waals surface area (Å²) in [6, 6.07) is 8.25. The topological polar surface area (TPSA) is 102 Å². The highest BCUT2D eigenvalue weighted by Crippen LogP contribution is 2.07. The Morgan fingerprint density at radius 1 is 1.32 bits per heavy atom. The lowest BCUT2D eigenvalue weighted by molar-refractivity contribution is -0.140. The van der Waals surface area contributed by atoms with Crippen molar-refractivity contribution < 1.29 is 19.1 Å². The predicted molar refractivity (Wildman–Crippen MR) is 80.1 cm³/mol. The smallest absolute Gasteiger partial charge is 0.408 e. The maximum atomic E-state index is 11.9. The van der Waals surface area contributed by atoms with Crippen molar-refractivity contribution in [3.8, 4) is 0 Å². The van der Waals surface area contributed by atoms with E-state index in [0.29, 0.717) is 11.4 Å². The standard InChI is InChI=1S/C15H21N3O4/c1-11(2)8-13(14(20)18(16)10-19)17-15(21)22-9-12-6-4-3-5-7-12/h3-7,10-11,13H,8-9,16H2,1-2H3,(H,17,21)/t13-/m0/s1. The van der Waals surface area contributed by atoms with Gasteiger partial charge in [-0.05, 0) is 17.9 Å². The van der Waals surface area contributed by atoms with Crippen LogP contribution in [0.5, 0.6) is 0 Å². The van der Waals surface area contributed by atoms with Crippen molar-refractivity contribution in [1.82, 2.24) is 10.3 Å². The molecule has 3 N–H and O–H groups in total. The summed E-state index contributed by atoms with van der Waals surface area (Å²) in [6.45, 7) is 3.87. The zero-order valence-electron chi connectivity index (χ0n) is 12.7. The van der Waals surface area contributed by atoms with Crippen molar-refractivity contribution in [3.63, 3.8) is 0 Å². The number of rotatable bonds is 7. The van der Waals surface area contributed by atoms with Crippen LogP contribution in [0, 0.1) is 5.92 Å². The van der Waals surface area contributed by atoms with Gasteiger partial charge in [0, 0.05) is 0 Å². The number of carbonyl (C=O) groups is 3. The normalized spacial score (nSPS) is 11.6. The number of carbonyl (C=O) groups excluding carboxylic acids is 3. The molecule has 7 heteroatoms. The van der Waals surface area contributed by atoms with Crippen molar-refractivity contribution in [1.29, 1.82) is 0 Å². The summed E-state index contributed by atoms with van der Waals surface area (Å²) in [7, 11) is 0. The Kier molecular flexibility index (Phi) is 7.04. The molecule has 0 aliphatic carbocycles. The first-order valence-corrected chi connectivity index (χ1v) is 6.94. The van der Waals surface area contributed by atoms with Crippen LogP contribution in [0.1, 0.15) is 25.8 Å². The Hall–Kier alpha value is -2.41. The molecule has 22 heavy (non-hydrogen) atoms. The second kappa shape index (κ2) is 8.78. The fraction of sp³-hybridized carbons (Fsp3) is 0.400. The average molecular weight is 307 g/mol. The predicted octanol–water partition coefficient (Wildman–Crippen LogP) is 1.19. The monoisotopic (exact) mass is 307 g/mol. The first kappa shape index (κ1) is 17.6. The van der Waals surface area contributed by atoms with Crippen molar-refractivity contribution in [2.24, 2.45) is 11.8 Å². The number of amides is 3. The molecule has 0 aliphatic heterocycles. The summed E-state index contributed by atoms with van der Waals surface area (Å²) < 4.78 is 5.05. The molecule has 0 heterocycles. The molecule has 0 aliphatic rings. The quantitative estimate of drug-likeness (QED) is 0.341. The summed E-state index contributed by atoms with van der Waals surface area (Å²) in [5.74, 6) is 4.71. The van der Waals surface area contributed by atoms with Crippen LogP contribution in [0.3, 0.4) is 0 Å². The Bertz CT molecular complexity index is 505. The molecule has 1 rings (SSSR count). The van der Waals surface area contributed by atoms with Gasteiger partial charge < -0.3 is 10.1 Å². The molecule has 1 atom stereocenters. The van der Waals surface area contributed by atoms with Crippen LogP contribution < -0.4 is 11.2 Å². The molecule has 1 aromatic carbocycles. The maximum absolute atomic E-state index is 11.9. The third-order valence-electron chi connectivity index (χ3n) is 2.88. The number of nitrogens with two attached hydrogens (primary N) is 1. The van der Waals surface area contributed by atoms with Gasteiger partial charge in [-0.3, -0.25) is 9.59 Å². The van der Waals surface area contributed by atoms with Gasteiger partial charge in [-0.15, -0.1) is 0 Å². The van der Waals surface area contributed by atoms with Crippen LogP contribution >= 0.6 is 0 Å². The van der Waals surface area contributed by atoms with E-state index in [1.807, 2.05) is 44.2 Å². The van der Waals surface area contributed by atoms with E-state index in [-0.39, 0.29) is 18.9 Å². The van der Waals surface area contributed by atoms with Crippen molar-refractivity contribution in [3.05, 3.63) is 35.9 Å². The van der Waals surface area contributed by atoms with Gasteiger partial charge in [0.25, 0.3) is 5.91 Å². The number of imide groups is 1. The minimum absolute atomic E-state index is 0.0925. The number of nitrogens with one attached hydrogen (secondary N) is 1. The number of benzene rings is 1. The second-order valence-electron chi connectivity index (χ2n) is 5.24. The lowest BCUT2D eigenvalue weighted by Crippen LogP contribution is -2.51. The molecular formula is C15H21N3O4. The van der Waals surface area contributed by atoms with E-state index in [0.717, 1.165) is 5.56 Å². The molecule has 0 aromatic heterocycles. The van der Waals surface area contributed by atoms with Gasteiger partial charge in [-0.2, -0.15) is 0 Å². The van der Waals surface area contributed by atoms with Gasteiger partial charge in [-0.1, -0.05) is 44.2 Å². The number of ether oxygens (including phenoxy) is 1. The number of alkyl carbamates (subject to hydrolysis) is 1. The van der Waals surface area contributed by atoms with Gasteiger partial charge in [0.2, 0.25) is 6.41 Å². The molecule has 7 nitrogen and oxygen atoms in total. The zero-order chi connectivity index (χ0) is 16.5. The van der Waals surface area contributed by atoms with E-state index >= 15 is 0 Å². The number of hydrogen-bond acceptors (Lipinski definition) is 5. The van der Waals surface area contributed by atoms with Crippen LogP contribution in [-0.4, -0.2) is 29.5 Å². The van der Waals surface area contributed by atoms with E-state index in [9.17, 15) is 14.4 Å². The Morgan fingerprint density at radius 2 is 1.95 bits per heavy atom. The lowest BCUT2D eigenvalue weighted by Gasteiger charge is -2.21. The molecule has 0 spiro atoms. The minimum atomic E-state index is -0.904. The summed E-state index contributed by atoms with van der Waals surface area (Å²) in [4.78, 5) is 34.3. The highest BCUT2D eigenvalue weighted by molar-refractivity contribution is 5.91. The SMILES string of the molecule is CC(C)C[C@H](NC(=O)OCc1ccccc1)C(=O)N(N)C=O. The van der Waals surface area contributed by atoms with Crippen LogP contribution in [0.2, 0.25) is 0 Å². The summed E-state index contributed by atoms with van der Waals surface area (Å²) in [5.41, 5.74) is 0.831. The molecule has 0 radical (unpaired) electrons. The summed E-state index contributed by atoms with van der Waals surface area (Å²) in [6.07, 6.45) is -0.185. The molecule has 120 valence electrons. The highest BCUT2D eigenvalue weighted by atomic mass is 16.5. The minimum Gasteiger partial charge on any atom is -0.445 e. The van der Waals surface area contributed by atoms with E-state index in [2.05, 4.69) is 5.32 Å². The van der Waals surface area contributed by atoms with Crippen LogP contribution in [0.25, 0.3) is 0 Å². The fourth-order valence-electron chi connectivity index (χ4n) is 1.83. The van der Waals surface area contributed by atoms with Crippen molar-refractivity contribution in [2.75, 3.05) is 0 Å². The largest absolute Gasteiger partial charge is 0.445 e. The van der Waals surface area contributed by atoms with Gasteiger partial charge in [0.1, 0.15) is 12.6 Å². The molecule has 0 fully saturated rings. The molecular weight excluding hydrogens is 286 g/mol. The van der Waals surface area contributed by atoms with Crippen LogP contribution in [-0.2, 0) is 20.9 Å². The Balaban J connectivity index is 2.58. The van der Waals surface area contributed by atoms with Crippen LogP contribution in [0.15, 0.2) is 30.3 Å². The molecule has 3 amide bonds. The summed E-state index contributed by atoms with van der Waals surface area (Å²) in [5, 5.41) is 2.86. The van der Waals surface area contributed by atoms with Crippen molar-refractivity contribution >= 4 is 18.4 Å². The lowest BCUT2D eigenvalue weighted by atomic mass is 10.0.